The van der Waals surface area contributed by atoms with Crippen molar-refractivity contribution in [3.63, 3.8) is 0 Å². The molecule has 11 heavy (non-hydrogen) atoms. The van der Waals surface area contributed by atoms with Crippen LogP contribution in [0.3, 0.4) is 0 Å². The fourth-order valence-electron chi connectivity index (χ4n) is 1.39. The van der Waals surface area contributed by atoms with Crippen molar-refractivity contribution < 1.29 is 4.74 Å². The largest absolute Gasteiger partial charge is 0.376 e. The van der Waals surface area contributed by atoms with Crippen LogP contribution in [0.4, 0.5) is 0 Å². The molecule has 3 heteroatoms. The molecule has 0 aromatic carbocycles. The summed E-state index contributed by atoms with van der Waals surface area (Å²) in [6, 6.07) is 0.587. The van der Waals surface area contributed by atoms with Crippen molar-refractivity contribution in [2.45, 2.75) is 26.0 Å². The summed E-state index contributed by atoms with van der Waals surface area (Å²) < 4.78 is 5.51. The molecule has 0 bridgehead atoms. The van der Waals surface area contributed by atoms with Gasteiger partial charge < -0.3 is 4.74 Å². The SMILES string of the molecule is CC1CN(CCBr)C(C)CO1. The third-order valence-corrected chi connectivity index (χ3v) is 2.46. The van der Waals surface area contributed by atoms with Crippen LogP contribution in [0.15, 0.2) is 0 Å². The van der Waals surface area contributed by atoms with Crippen LogP contribution in [0, 0.1) is 0 Å². The molecule has 2 atom stereocenters. The van der Waals surface area contributed by atoms with E-state index in [2.05, 4.69) is 34.7 Å². The Balaban J connectivity index is 2.34. The molecule has 0 spiro atoms. The van der Waals surface area contributed by atoms with Crippen molar-refractivity contribution in [3.05, 3.63) is 0 Å². The Morgan fingerprint density at radius 1 is 1.55 bits per heavy atom. The highest BCUT2D eigenvalue weighted by Gasteiger charge is 2.21. The fourth-order valence-corrected chi connectivity index (χ4v) is 1.85. The third-order valence-electron chi connectivity index (χ3n) is 2.11. The first-order chi connectivity index (χ1) is 5.24. The lowest BCUT2D eigenvalue weighted by atomic mass is 10.2. The number of alkyl halides is 1. The molecule has 0 N–H and O–H groups in total. The zero-order chi connectivity index (χ0) is 8.27. The highest BCUT2D eigenvalue weighted by Crippen LogP contribution is 2.10. The van der Waals surface area contributed by atoms with Crippen LogP contribution in [-0.2, 0) is 4.74 Å². The summed E-state index contributed by atoms with van der Waals surface area (Å²) in [4.78, 5) is 2.46. The minimum Gasteiger partial charge on any atom is -0.376 e. The van der Waals surface area contributed by atoms with E-state index in [1.807, 2.05) is 0 Å². The van der Waals surface area contributed by atoms with Crippen molar-refractivity contribution in [2.24, 2.45) is 0 Å². The molecule has 1 rings (SSSR count). The van der Waals surface area contributed by atoms with Crippen molar-refractivity contribution in [1.29, 1.82) is 0 Å². The molecular weight excluding hydrogens is 206 g/mol. The molecule has 0 saturated carbocycles. The molecule has 0 radical (unpaired) electrons. The summed E-state index contributed by atoms with van der Waals surface area (Å²) in [6.45, 7) is 7.44. The number of nitrogens with zero attached hydrogens (tertiary/aromatic N) is 1. The van der Waals surface area contributed by atoms with Gasteiger partial charge in [0.05, 0.1) is 12.7 Å². The van der Waals surface area contributed by atoms with Gasteiger partial charge in [-0.05, 0) is 13.8 Å². The zero-order valence-electron chi connectivity index (χ0n) is 7.22. The van der Waals surface area contributed by atoms with E-state index in [1.54, 1.807) is 0 Å². The minimum atomic E-state index is 0.408. The van der Waals surface area contributed by atoms with Gasteiger partial charge in [0.1, 0.15) is 0 Å². The highest BCUT2D eigenvalue weighted by molar-refractivity contribution is 9.09. The van der Waals surface area contributed by atoms with Crippen molar-refractivity contribution in [3.8, 4) is 0 Å². The molecular formula is C8H16BrNO. The van der Waals surface area contributed by atoms with E-state index in [4.69, 9.17) is 4.74 Å². The molecule has 0 amide bonds. The van der Waals surface area contributed by atoms with Gasteiger partial charge in [0.2, 0.25) is 0 Å². The average molecular weight is 222 g/mol. The number of halogens is 1. The van der Waals surface area contributed by atoms with E-state index in [9.17, 15) is 0 Å². The molecule has 0 aromatic heterocycles. The van der Waals surface area contributed by atoms with Gasteiger partial charge >= 0.3 is 0 Å². The molecule has 0 aromatic rings. The molecule has 1 aliphatic rings. The monoisotopic (exact) mass is 221 g/mol. The van der Waals surface area contributed by atoms with Crippen LogP contribution in [0.2, 0.25) is 0 Å². The molecule has 1 saturated heterocycles. The van der Waals surface area contributed by atoms with Gasteiger partial charge in [0, 0.05) is 24.5 Å². The first-order valence-electron chi connectivity index (χ1n) is 4.15. The van der Waals surface area contributed by atoms with Gasteiger partial charge in [-0.15, -0.1) is 0 Å². The second-order valence-electron chi connectivity index (χ2n) is 3.18. The second kappa shape index (κ2) is 4.43. The van der Waals surface area contributed by atoms with E-state index in [-0.39, 0.29) is 0 Å². The Bertz CT molecular complexity index is 121. The summed E-state index contributed by atoms with van der Waals surface area (Å²) >= 11 is 3.45. The molecule has 1 fully saturated rings. The topological polar surface area (TPSA) is 12.5 Å². The third kappa shape index (κ3) is 2.73. The Kier molecular flexibility index (Phi) is 3.82. The zero-order valence-corrected chi connectivity index (χ0v) is 8.80. The first kappa shape index (κ1) is 9.49. The number of rotatable bonds is 2. The Morgan fingerprint density at radius 2 is 2.27 bits per heavy atom. The van der Waals surface area contributed by atoms with Crippen LogP contribution in [0.1, 0.15) is 13.8 Å². The minimum absolute atomic E-state index is 0.408. The lowest BCUT2D eigenvalue weighted by Crippen LogP contribution is -2.47. The molecule has 1 heterocycles. The van der Waals surface area contributed by atoms with Gasteiger partial charge in [0.25, 0.3) is 0 Å². The molecule has 2 nitrogen and oxygen atoms in total. The number of ether oxygens (including phenoxy) is 1. The van der Waals surface area contributed by atoms with Gasteiger partial charge in [-0.1, -0.05) is 15.9 Å². The quantitative estimate of drug-likeness (QED) is 0.656. The van der Waals surface area contributed by atoms with Crippen LogP contribution in [0.25, 0.3) is 0 Å². The summed E-state index contributed by atoms with van der Waals surface area (Å²) in [7, 11) is 0. The number of morpholine rings is 1. The lowest BCUT2D eigenvalue weighted by molar-refractivity contribution is -0.0466. The summed E-state index contributed by atoms with van der Waals surface area (Å²) in [6.07, 6.45) is 0.408. The van der Waals surface area contributed by atoms with Gasteiger partial charge in [-0.3, -0.25) is 4.90 Å². The van der Waals surface area contributed by atoms with Crippen molar-refractivity contribution >= 4 is 15.9 Å². The Hall–Kier alpha value is 0.400. The summed E-state index contributed by atoms with van der Waals surface area (Å²) in [5, 5.41) is 1.06. The van der Waals surface area contributed by atoms with E-state index in [1.165, 1.54) is 0 Å². The first-order valence-corrected chi connectivity index (χ1v) is 5.27. The number of hydrogen-bond acceptors (Lipinski definition) is 2. The maximum Gasteiger partial charge on any atom is 0.0674 e. The van der Waals surface area contributed by atoms with Crippen LogP contribution < -0.4 is 0 Å². The predicted molar refractivity (Wildman–Crippen MR) is 50.2 cm³/mol. The van der Waals surface area contributed by atoms with E-state index >= 15 is 0 Å². The fraction of sp³-hybridized carbons (Fsp3) is 1.00. The van der Waals surface area contributed by atoms with E-state index in [0.29, 0.717) is 12.1 Å². The maximum atomic E-state index is 5.51. The van der Waals surface area contributed by atoms with Gasteiger partial charge in [-0.2, -0.15) is 0 Å². The van der Waals surface area contributed by atoms with E-state index < -0.39 is 0 Å². The Labute approximate surface area is 77.0 Å². The average Bonchev–Trinajstić information content (AvgIpc) is 1.98. The predicted octanol–water partition coefficient (Wildman–Crippen LogP) is 1.49. The smallest absolute Gasteiger partial charge is 0.0674 e. The molecule has 0 aliphatic carbocycles. The van der Waals surface area contributed by atoms with Gasteiger partial charge in [-0.25, -0.2) is 0 Å². The lowest BCUT2D eigenvalue weighted by Gasteiger charge is -2.36. The molecule has 1 aliphatic heterocycles. The summed E-state index contributed by atoms with van der Waals surface area (Å²) in [5.74, 6) is 0. The second-order valence-corrected chi connectivity index (χ2v) is 3.97. The molecule has 66 valence electrons. The van der Waals surface area contributed by atoms with E-state index in [0.717, 1.165) is 25.0 Å². The summed E-state index contributed by atoms with van der Waals surface area (Å²) in [5.41, 5.74) is 0. The van der Waals surface area contributed by atoms with Crippen LogP contribution in [0.5, 0.6) is 0 Å². The normalized spacial score (nSPS) is 34.1. The number of hydrogen-bond donors (Lipinski definition) is 0. The highest BCUT2D eigenvalue weighted by atomic mass is 79.9. The van der Waals surface area contributed by atoms with Crippen LogP contribution in [-0.4, -0.2) is 42.1 Å². The van der Waals surface area contributed by atoms with Crippen molar-refractivity contribution in [2.75, 3.05) is 25.0 Å². The van der Waals surface area contributed by atoms with Gasteiger partial charge in [0.15, 0.2) is 0 Å². The molecule has 2 unspecified atom stereocenters. The van der Waals surface area contributed by atoms with Crippen molar-refractivity contribution in [1.82, 2.24) is 4.90 Å². The maximum absolute atomic E-state index is 5.51. The Morgan fingerprint density at radius 3 is 2.91 bits per heavy atom. The van der Waals surface area contributed by atoms with Crippen LogP contribution >= 0.6 is 15.9 Å². The standard InChI is InChI=1S/C8H16BrNO/c1-7-6-11-8(2)5-10(7)4-3-9/h7-8H,3-6H2,1-2H3.